The number of hydrogen-bond donors (Lipinski definition) is 1. The van der Waals surface area contributed by atoms with Gasteiger partial charge >= 0.3 is 6.01 Å². The summed E-state index contributed by atoms with van der Waals surface area (Å²) in [5.74, 6) is 0.121. The molecule has 30 heavy (non-hydrogen) atoms. The molecular formula is C21H19FN6O2. The number of ether oxygens (including phenoxy) is 1. The molecule has 0 aliphatic heterocycles. The number of halogens is 1. The molecule has 0 atom stereocenters. The minimum atomic E-state index is -0.481. The van der Waals surface area contributed by atoms with Gasteiger partial charge in [-0.15, -0.1) is 0 Å². The van der Waals surface area contributed by atoms with Crippen molar-refractivity contribution in [3.63, 3.8) is 0 Å². The van der Waals surface area contributed by atoms with Crippen LogP contribution in [0.4, 0.5) is 10.2 Å². The first-order valence-electron chi connectivity index (χ1n) is 9.33. The van der Waals surface area contributed by atoms with Crippen LogP contribution >= 0.6 is 0 Å². The largest absolute Gasteiger partial charge is 0.464 e. The van der Waals surface area contributed by atoms with Crippen molar-refractivity contribution >= 4 is 22.8 Å². The zero-order valence-electron chi connectivity index (χ0n) is 16.5. The van der Waals surface area contributed by atoms with Crippen LogP contribution in [0.5, 0.6) is 6.01 Å². The lowest BCUT2D eigenvalue weighted by atomic mass is 10.1. The molecule has 0 fully saturated rings. The van der Waals surface area contributed by atoms with E-state index in [1.807, 2.05) is 19.1 Å². The lowest BCUT2D eigenvalue weighted by Gasteiger charge is -2.10. The topological polar surface area (TPSA) is 109 Å². The van der Waals surface area contributed by atoms with Crippen LogP contribution in [0.2, 0.25) is 0 Å². The molecule has 0 saturated carbocycles. The van der Waals surface area contributed by atoms with Crippen LogP contribution in [-0.4, -0.2) is 36.9 Å². The quantitative estimate of drug-likeness (QED) is 0.490. The van der Waals surface area contributed by atoms with Gasteiger partial charge < -0.3 is 15.0 Å². The predicted octanol–water partition coefficient (Wildman–Crippen LogP) is 3.26. The maximum absolute atomic E-state index is 13.8. The summed E-state index contributed by atoms with van der Waals surface area (Å²) in [6.07, 6.45) is 2.64. The maximum Gasteiger partial charge on any atom is 0.320 e. The number of nitrogens with two attached hydrogens (primary N) is 1. The summed E-state index contributed by atoms with van der Waals surface area (Å²) in [5.41, 5.74) is 8.94. The van der Waals surface area contributed by atoms with Gasteiger partial charge in [-0.05, 0) is 25.5 Å². The molecule has 0 spiro atoms. The molecule has 3 aromatic heterocycles. The van der Waals surface area contributed by atoms with E-state index in [0.717, 1.165) is 11.8 Å². The van der Waals surface area contributed by atoms with Crippen molar-refractivity contribution in [3.05, 3.63) is 59.7 Å². The Hall–Kier alpha value is -3.88. The van der Waals surface area contributed by atoms with Gasteiger partial charge in [0.2, 0.25) is 0 Å². The molecular weight excluding hydrogens is 387 g/mol. The van der Waals surface area contributed by atoms with E-state index in [-0.39, 0.29) is 17.6 Å². The number of anilines is 1. The third-order valence-corrected chi connectivity index (χ3v) is 4.54. The molecule has 0 radical (unpaired) electrons. The lowest BCUT2D eigenvalue weighted by molar-refractivity contribution is 0.101. The van der Waals surface area contributed by atoms with Crippen molar-refractivity contribution < 1.29 is 13.9 Å². The molecule has 3 heterocycles. The van der Waals surface area contributed by atoms with Gasteiger partial charge in [-0.1, -0.05) is 24.3 Å². The Balaban J connectivity index is 1.89. The van der Waals surface area contributed by atoms with Gasteiger partial charge in [0.25, 0.3) is 0 Å². The number of hydrogen-bond acceptors (Lipinski definition) is 7. The Morgan fingerprint density at radius 1 is 1.17 bits per heavy atom. The van der Waals surface area contributed by atoms with Gasteiger partial charge in [-0.2, -0.15) is 9.97 Å². The molecule has 0 aliphatic carbocycles. The fourth-order valence-electron chi connectivity index (χ4n) is 3.13. The Morgan fingerprint density at radius 3 is 2.60 bits per heavy atom. The van der Waals surface area contributed by atoms with Crippen molar-refractivity contribution in [1.29, 1.82) is 0 Å². The van der Waals surface area contributed by atoms with Gasteiger partial charge in [-0.3, -0.25) is 9.78 Å². The number of benzene rings is 1. The number of aromatic nitrogens is 5. The van der Waals surface area contributed by atoms with Crippen LogP contribution < -0.4 is 10.5 Å². The summed E-state index contributed by atoms with van der Waals surface area (Å²) in [6.45, 7) is 4.08. The maximum atomic E-state index is 13.8. The van der Waals surface area contributed by atoms with Gasteiger partial charge in [0.15, 0.2) is 22.8 Å². The fourth-order valence-corrected chi connectivity index (χ4v) is 3.13. The number of ketones is 1. The molecule has 8 nitrogen and oxygen atoms in total. The molecule has 0 amide bonds. The number of carbonyl (C=O) groups excluding carboxylic acids is 1. The van der Waals surface area contributed by atoms with Crippen LogP contribution in [0.15, 0.2) is 42.7 Å². The normalized spacial score (nSPS) is 11.0. The van der Waals surface area contributed by atoms with Gasteiger partial charge in [0.1, 0.15) is 11.6 Å². The van der Waals surface area contributed by atoms with Crippen molar-refractivity contribution in [3.8, 4) is 17.4 Å². The Kier molecular flexibility index (Phi) is 5.09. The monoisotopic (exact) mass is 406 g/mol. The van der Waals surface area contributed by atoms with Crippen LogP contribution in [-0.2, 0) is 6.54 Å². The van der Waals surface area contributed by atoms with E-state index in [1.54, 1.807) is 16.7 Å². The zero-order chi connectivity index (χ0) is 21.3. The third kappa shape index (κ3) is 3.69. The molecule has 4 rings (SSSR count). The van der Waals surface area contributed by atoms with E-state index in [2.05, 4.69) is 19.9 Å². The fraction of sp³-hybridized carbons (Fsp3) is 0.190. The highest BCUT2D eigenvalue weighted by atomic mass is 19.1. The van der Waals surface area contributed by atoms with Crippen LogP contribution in [0.3, 0.4) is 0 Å². The molecule has 0 saturated heterocycles. The summed E-state index contributed by atoms with van der Waals surface area (Å²) in [5, 5.41) is 0. The average molecular weight is 406 g/mol. The standard InChI is InChI=1S/C21H19FN6O2/c1-3-30-21-26-18(23)17-20(27-21)28(11-13-4-6-14(7-5-13)12(2)29)19(25-17)15-8-16(22)10-24-9-15/h4-10H,3,11H2,1-2H3,(H2,23,26,27). The number of nitrogen functional groups attached to an aromatic ring is 1. The van der Waals surface area contributed by atoms with E-state index in [9.17, 15) is 9.18 Å². The second kappa shape index (κ2) is 7.86. The minimum Gasteiger partial charge on any atom is -0.464 e. The number of nitrogens with zero attached hydrogens (tertiary/aromatic N) is 5. The first-order valence-corrected chi connectivity index (χ1v) is 9.33. The summed E-state index contributed by atoms with van der Waals surface area (Å²) >= 11 is 0. The lowest BCUT2D eigenvalue weighted by Crippen LogP contribution is -2.06. The van der Waals surface area contributed by atoms with Crippen LogP contribution in [0.25, 0.3) is 22.6 Å². The number of imidazole rings is 1. The van der Waals surface area contributed by atoms with Gasteiger partial charge in [-0.25, -0.2) is 9.37 Å². The molecule has 1 aromatic carbocycles. The predicted molar refractivity (Wildman–Crippen MR) is 110 cm³/mol. The SMILES string of the molecule is CCOc1nc(N)c2nc(-c3cncc(F)c3)n(Cc3ccc(C(C)=O)cc3)c2n1. The number of rotatable bonds is 6. The second-order valence-electron chi connectivity index (χ2n) is 6.66. The second-order valence-corrected chi connectivity index (χ2v) is 6.66. The minimum absolute atomic E-state index is 0.0111. The summed E-state index contributed by atoms with van der Waals surface area (Å²) in [4.78, 5) is 28.6. The number of carbonyl (C=O) groups is 1. The highest BCUT2D eigenvalue weighted by Crippen LogP contribution is 2.28. The molecule has 0 bridgehead atoms. The molecule has 152 valence electrons. The van der Waals surface area contributed by atoms with Crippen molar-refractivity contribution in [2.75, 3.05) is 12.3 Å². The van der Waals surface area contributed by atoms with Gasteiger partial charge in [0.05, 0.1) is 19.3 Å². The molecule has 2 N–H and O–H groups in total. The van der Waals surface area contributed by atoms with Crippen molar-refractivity contribution in [1.82, 2.24) is 24.5 Å². The molecule has 9 heteroatoms. The van der Waals surface area contributed by atoms with E-state index in [4.69, 9.17) is 10.5 Å². The first kappa shape index (κ1) is 19.4. The smallest absolute Gasteiger partial charge is 0.320 e. The molecule has 0 unspecified atom stereocenters. The van der Waals surface area contributed by atoms with E-state index >= 15 is 0 Å². The Bertz CT molecular complexity index is 1240. The Morgan fingerprint density at radius 2 is 1.93 bits per heavy atom. The van der Waals surface area contributed by atoms with Gasteiger partial charge in [0, 0.05) is 17.3 Å². The number of Topliss-reactive ketones (excluding diaryl/α,β-unsaturated/α-hetero) is 1. The first-order chi connectivity index (χ1) is 14.5. The van der Waals surface area contributed by atoms with Crippen molar-refractivity contribution in [2.24, 2.45) is 0 Å². The van der Waals surface area contributed by atoms with Crippen LogP contribution in [0.1, 0.15) is 29.8 Å². The van der Waals surface area contributed by atoms with E-state index < -0.39 is 5.82 Å². The van der Waals surface area contributed by atoms with Crippen molar-refractivity contribution in [2.45, 2.75) is 20.4 Å². The molecule has 4 aromatic rings. The summed E-state index contributed by atoms with van der Waals surface area (Å²) < 4.78 is 21.1. The zero-order valence-corrected chi connectivity index (χ0v) is 16.5. The van der Waals surface area contributed by atoms with E-state index in [0.29, 0.717) is 41.3 Å². The Labute approximate surface area is 171 Å². The number of fused-ring (bicyclic) bond motifs is 1. The number of pyridine rings is 1. The van der Waals surface area contributed by atoms with Crippen LogP contribution in [0, 0.1) is 5.82 Å². The summed E-state index contributed by atoms with van der Waals surface area (Å²) in [6, 6.07) is 8.70. The summed E-state index contributed by atoms with van der Waals surface area (Å²) in [7, 11) is 0. The highest BCUT2D eigenvalue weighted by Gasteiger charge is 2.19. The van der Waals surface area contributed by atoms with E-state index in [1.165, 1.54) is 19.2 Å². The molecule has 0 aliphatic rings. The average Bonchev–Trinajstić information content (AvgIpc) is 3.08. The highest BCUT2D eigenvalue weighted by molar-refractivity contribution is 5.94. The third-order valence-electron chi connectivity index (χ3n) is 4.54.